The third kappa shape index (κ3) is 2.54. The number of hydrogen-bond donors (Lipinski definition) is 0. The van der Waals surface area contributed by atoms with E-state index in [4.69, 9.17) is 0 Å². The summed E-state index contributed by atoms with van der Waals surface area (Å²) in [6.07, 6.45) is 5.23. The van der Waals surface area contributed by atoms with Crippen molar-refractivity contribution in [2.75, 3.05) is 18.0 Å². The highest BCUT2D eigenvalue weighted by atomic mass is 16.1. The average molecular weight is 267 g/mol. The SMILES string of the molecule is O=C(c1cccnn1)c1ccccc1N1CCCCC1. The van der Waals surface area contributed by atoms with Crippen LogP contribution in [0.1, 0.15) is 35.3 Å². The van der Waals surface area contributed by atoms with Crippen molar-refractivity contribution in [3.8, 4) is 0 Å². The first kappa shape index (κ1) is 12.8. The Morgan fingerprint density at radius 1 is 1.00 bits per heavy atom. The maximum atomic E-state index is 12.6. The Balaban J connectivity index is 1.95. The fourth-order valence-corrected chi connectivity index (χ4v) is 2.64. The summed E-state index contributed by atoms with van der Waals surface area (Å²) in [5.41, 5.74) is 2.13. The van der Waals surface area contributed by atoms with Crippen molar-refractivity contribution in [1.82, 2.24) is 10.2 Å². The Labute approximate surface area is 118 Å². The summed E-state index contributed by atoms with van der Waals surface area (Å²) in [6, 6.07) is 11.2. The Kier molecular flexibility index (Phi) is 3.72. The number of anilines is 1. The van der Waals surface area contributed by atoms with Crippen molar-refractivity contribution in [3.05, 3.63) is 53.9 Å². The first-order valence-electron chi connectivity index (χ1n) is 7.02. The maximum absolute atomic E-state index is 12.6. The topological polar surface area (TPSA) is 46.1 Å². The normalized spacial score (nSPS) is 15.1. The molecule has 3 rings (SSSR count). The van der Waals surface area contributed by atoms with E-state index < -0.39 is 0 Å². The highest BCUT2D eigenvalue weighted by Gasteiger charge is 2.19. The van der Waals surface area contributed by atoms with Gasteiger partial charge >= 0.3 is 0 Å². The minimum atomic E-state index is -0.0562. The minimum absolute atomic E-state index is 0.0562. The third-order valence-corrected chi connectivity index (χ3v) is 3.65. The molecule has 2 heterocycles. The zero-order valence-electron chi connectivity index (χ0n) is 11.3. The standard InChI is InChI=1S/C16H17N3O/c20-16(14-8-6-10-17-18-14)13-7-2-3-9-15(13)19-11-4-1-5-12-19/h2-3,6-10H,1,4-5,11-12H2. The van der Waals surface area contributed by atoms with Gasteiger partial charge in [-0.2, -0.15) is 5.10 Å². The second kappa shape index (κ2) is 5.82. The molecule has 4 heteroatoms. The van der Waals surface area contributed by atoms with Crippen molar-refractivity contribution in [2.24, 2.45) is 0 Å². The molecule has 102 valence electrons. The van der Waals surface area contributed by atoms with Crippen molar-refractivity contribution in [2.45, 2.75) is 19.3 Å². The molecule has 0 amide bonds. The average Bonchev–Trinajstić information content (AvgIpc) is 2.56. The number of carbonyl (C=O) groups is 1. The molecular weight excluding hydrogens is 250 g/mol. The van der Waals surface area contributed by atoms with Crippen LogP contribution >= 0.6 is 0 Å². The van der Waals surface area contributed by atoms with Gasteiger partial charge in [0.25, 0.3) is 0 Å². The lowest BCUT2D eigenvalue weighted by Crippen LogP contribution is -2.30. The quantitative estimate of drug-likeness (QED) is 0.802. The summed E-state index contributed by atoms with van der Waals surface area (Å²) in [7, 11) is 0. The first-order chi connectivity index (χ1) is 9.86. The van der Waals surface area contributed by atoms with E-state index in [1.165, 1.54) is 19.3 Å². The maximum Gasteiger partial charge on any atom is 0.215 e. The van der Waals surface area contributed by atoms with E-state index in [1.807, 2.05) is 24.3 Å². The highest BCUT2D eigenvalue weighted by molar-refractivity contribution is 6.11. The van der Waals surface area contributed by atoms with Crippen LogP contribution in [-0.2, 0) is 0 Å². The molecule has 1 fully saturated rings. The van der Waals surface area contributed by atoms with Gasteiger partial charge in [-0.25, -0.2) is 0 Å². The van der Waals surface area contributed by atoms with Crippen LogP contribution in [0.3, 0.4) is 0 Å². The summed E-state index contributed by atoms with van der Waals surface area (Å²) in [6.45, 7) is 2.04. The van der Waals surface area contributed by atoms with Crippen molar-refractivity contribution in [1.29, 1.82) is 0 Å². The Bertz CT molecular complexity index is 592. The van der Waals surface area contributed by atoms with Crippen molar-refractivity contribution >= 4 is 11.5 Å². The van der Waals surface area contributed by atoms with Gasteiger partial charge in [-0.1, -0.05) is 12.1 Å². The summed E-state index contributed by atoms with van der Waals surface area (Å²) in [5, 5.41) is 7.71. The molecule has 0 spiro atoms. The van der Waals surface area contributed by atoms with Gasteiger partial charge in [0.1, 0.15) is 5.69 Å². The molecule has 0 unspecified atom stereocenters. The second-order valence-electron chi connectivity index (χ2n) is 5.00. The monoisotopic (exact) mass is 267 g/mol. The Hall–Kier alpha value is -2.23. The van der Waals surface area contributed by atoms with Crippen molar-refractivity contribution < 1.29 is 4.79 Å². The number of ketones is 1. The molecule has 1 aliphatic heterocycles. The smallest absolute Gasteiger partial charge is 0.215 e. The van der Waals surface area contributed by atoms with E-state index in [0.29, 0.717) is 5.69 Å². The van der Waals surface area contributed by atoms with E-state index >= 15 is 0 Å². The van der Waals surface area contributed by atoms with Gasteiger partial charge in [0.2, 0.25) is 5.78 Å². The molecule has 0 aliphatic carbocycles. The molecular formula is C16H17N3O. The van der Waals surface area contributed by atoms with Crippen LogP contribution in [0.25, 0.3) is 0 Å². The molecule has 0 saturated carbocycles. The second-order valence-corrected chi connectivity index (χ2v) is 5.00. The fraction of sp³-hybridized carbons (Fsp3) is 0.312. The van der Waals surface area contributed by atoms with Gasteiger partial charge in [-0.05, 0) is 43.5 Å². The number of piperidine rings is 1. The van der Waals surface area contributed by atoms with Crippen LogP contribution in [0.2, 0.25) is 0 Å². The fourth-order valence-electron chi connectivity index (χ4n) is 2.64. The number of rotatable bonds is 3. The van der Waals surface area contributed by atoms with Gasteiger partial charge in [0, 0.05) is 30.5 Å². The molecule has 1 aliphatic rings. The number of aromatic nitrogens is 2. The third-order valence-electron chi connectivity index (χ3n) is 3.65. The van der Waals surface area contributed by atoms with E-state index in [9.17, 15) is 4.79 Å². The van der Waals surface area contributed by atoms with Gasteiger partial charge in [-0.15, -0.1) is 5.10 Å². The summed E-state index contributed by atoms with van der Waals surface area (Å²) < 4.78 is 0. The molecule has 0 radical (unpaired) electrons. The van der Waals surface area contributed by atoms with Crippen LogP contribution < -0.4 is 4.90 Å². The predicted octanol–water partition coefficient (Wildman–Crippen LogP) is 2.70. The number of carbonyl (C=O) groups excluding carboxylic acids is 1. The molecule has 0 atom stereocenters. The predicted molar refractivity (Wildman–Crippen MR) is 78.0 cm³/mol. The molecule has 1 saturated heterocycles. The van der Waals surface area contributed by atoms with Crippen molar-refractivity contribution in [3.63, 3.8) is 0 Å². The lowest BCUT2D eigenvalue weighted by molar-refractivity contribution is 0.103. The van der Waals surface area contributed by atoms with Crippen LogP contribution in [0.5, 0.6) is 0 Å². The zero-order valence-corrected chi connectivity index (χ0v) is 11.3. The van der Waals surface area contributed by atoms with E-state index in [0.717, 1.165) is 24.3 Å². The molecule has 20 heavy (non-hydrogen) atoms. The number of benzene rings is 1. The van der Waals surface area contributed by atoms with E-state index in [1.54, 1.807) is 18.3 Å². The highest BCUT2D eigenvalue weighted by Crippen LogP contribution is 2.25. The Morgan fingerprint density at radius 3 is 2.55 bits per heavy atom. The summed E-state index contributed by atoms with van der Waals surface area (Å²) in [5.74, 6) is -0.0562. The molecule has 1 aromatic heterocycles. The zero-order chi connectivity index (χ0) is 13.8. The molecule has 2 aromatic rings. The lowest BCUT2D eigenvalue weighted by Gasteiger charge is -2.30. The van der Waals surface area contributed by atoms with Gasteiger partial charge < -0.3 is 4.90 Å². The van der Waals surface area contributed by atoms with Crippen LogP contribution in [0, 0.1) is 0 Å². The van der Waals surface area contributed by atoms with Gasteiger partial charge in [0.05, 0.1) is 0 Å². The van der Waals surface area contributed by atoms with Gasteiger partial charge in [-0.3, -0.25) is 4.79 Å². The number of para-hydroxylation sites is 1. The molecule has 4 nitrogen and oxygen atoms in total. The molecule has 1 aromatic carbocycles. The number of hydrogen-bond acceptors (Lipinski definition) is 4. The molecule has 0 bridgehead atoms. The minimum Gasteiger partial charge on any atom is -0.371 e. The van der Waals surface area contributed by atoms with Gasteiger partial charge in [0.15, 0.2) is 0 Å². The van der Waals surface area contributed by atoms with Crippen LogP contribution in [0.4, 0.5) is 5.69 Å². The summed E-state index contributed by atoms with van der Waals surface area (Å²) in [4.78, 5) is 14.9. The largest absolute Gasteiger partial charge is 0.371 e. The lowest BCUT2D eigenvalue weighted by atomic mass is 10.0. The van der Waals surface area contributed by atoms with Crippen LogP contribution in [-0.4, -0.2) is 29.1 Å². The summed E-state index contributed by atoms with van der Waals surface area (Å²) >= 11 is 0. The molecule has 0 N–H and O–H groups in total. The van der Waals surface area contributed by atoms with E-state index in [-0.39, 0.29) is 5.78 Å². The Morgan fingerprint density at radius 2 is 1.80 bits per heavy atom. The number of nitrogens with zero attached hydrogens (tertiary/aromatic N) is 3. The first-order valence-corrected chi connectivity index (χ1v) is 7.02. The van der Waals surface area contributed by atoms with E-state index in [2.05, 4.69) is 15.1 Å². The van der Waals surface area contributed by atoms with Crippen LogP contribution in [0.15, 0.2) is 42.6 Å².